The van der Waals surface area contributed by atoms with Gasteiger partial charge >= 0.3 is 0 Å². The van der Waals surface area contributed by atoms with E-state index in [1.165, 1.54) is 6.07 Å². The van der Waals surface area contributed by atoms with E-state index >= 15 is 0 Å². The Morgan fingerprint density at radius 3 is 2.65 bits per heavy atom. The molecule has 1 heterocycles. The highest BCUT2D eigenvalue weighted by Gasteiger charge is 2.31. The molecule has 2 atom stereocenters. The van der Waals surface area contributed by atoms with Crippen LogP contribution in [0.5, 0.6) is 0 Å². The normalized spacial score (nSPS) is 23.1. The predicted molar refractivity (Wildman–Crippen MR) is 71.0 cm³/mol. The summed E-state index contributed by atoms with van der Waals surface area (Å²) in [5.74, 6) is -1.74. The van der Waals surface area contributed by atoms with Gasteiger partial charge in [0.25, 0.3) is 0 Å². The van der Waals surface area contributed by atoms with Gasteiger partial charge in [-0.05, 0) is 31.2 Å². The average molecular weight is 305 g/mol. The van der Waals surface area contributed by atoms with Crippen LogP contribution in [0.1, 0.15) is 18.1 Å². The highest BCUT2D eigenvalue weighted by atomic mass is 32.2. The molecule has 4 nitrogen and oxygen atoms in total. The maximum atomic E-state index is 13.1. The van der Waals surface area contributed by atoms with E-state index in [1.54, 1.807) is 11.9 Å². The third kappa shape index (κ3) is 3.53. The molecule has 2 rings (SSSR count). The van der Waals surface area contributed by atoms with Crippen molar-refractivity contribution in [2.45, 2.75) is 18.6 Å². The van der Waals surface area contributed by atoms with Crippen LogP contribution < -0.4 is 0 Å². The van der Waals surface area contributed by atoms with Gasteiger partial charge in [-0.15, -0.1) is 0 Å². The Hall–Kier alpha value is -1.05. The average Bonchev–Trinajstić information content (AvgIpc) is 2.73. The summed E-state index contributed by atoms with van der Waals surface area (Å²) < 4.78 is 48.7. The van der Waals surface area contributed by atoms with Gasteiger partial charge in [0.2, 0.25) is 0 Å². The third-order valence-electron chi connectivity index (χ3n) is 3.62. The Labute approximate surface area is 116 Å². The monoisotopic (exact) mass is 305 g/mol. The third-order valence-corrected chi connectivity index (χ3v) is 5.37. The summed E-state index contributed by atoms with van der Waals surface area (Å²) in [6.07, 6.45) is -0.457. The van der Waals surface area contributed by atoms with Gasteiger partial charge in [-0.2, -0.15) is 0 Å². The van der Waals surface area contributed by atoms with Crippen LogP contribution in [0.25, 0.3) is 0 Å². The Bertz CT molecular complexity index is 591. The molecule has 1 saturated heterocycles. The number of sulfone groups is 1. The minimum atomic E-state index is -2.99. The van der Waals surface area contributed by atoms with Gasteiger partial charge in [0.15, 0.2) is 21.5 Å². The molecular formula is C13H17F2NO3S. The van der Waals surface area contributed by atoms with Crippen LogP contribution in [0.2, 0.25) is 0 Å². The Kier molecular flexibility index (Phi) is 4.41. The highest BCUT2D eigenvalue weighted by molar-refractivity contribution is 7.91. The molecule has 112 valence electrons. The number of hydrogen-bond acceptors (Lipinski definition) is 4. The van der Waals surface area contributed by atoms with Crippen LogP contribution in [0.4, 0.5) is 8.78 Å². The van der Waals surface area contributed by atoms with Crippen molar-refractivity contribution in [3.05, 3.63) is 35.4 Å². The van der Waals surface area contributed by atoms with Gasteiger partial charge in [-0.25, -0.2) is 17.2 Å². The smallest absolute Gasteiger partial charge is 0.159 e. The van der Waals surface area contributed by atoms with Crippen LogP contribution in [0.3, 0.4) is 0 Å². The van der Waals surface area contributed by atoms with Gasteiger partial charge in [0, 0.05) is 12.6 Å². The van der Waals surface area contributed by atoms with Gasteiger partial charge < -0.3 is 5.11 Å². The number of nitrogens with zero attached hydrogens (tertiary/aromatic N) is 1. The second-order valence-corrected chi connectivity index (χ2v) is 7.41. The zero-order chi connectivity index (χ0) is 14.9. The molecule has 0 bridgehead atoms. The number of rotatable bonds is 4. The van der Waals surface area contributed by atoms with Crippen molar-refractivity contribution >= 4 is 9.84 Å². The van der Waals surface area contributed by atoms with Gasteiger partial charge in [0.05, 0.1) is 17.6 Å². The van der Waals surface area contributed by atoms with Crippen LogP contribution in [-0.2, 0) is 9.84 Å². The lowest BCUT2D eigenvalue weighted by Gasteiger charge is -2.25. The van der Waals surface area contributed by atoms with Crippen molar-refractivity contribution in [1.82, 2.24) is 4.90 Å². The quantitative estimate of drug-likeness (QED) is 0.905. The lowest BCUT2D eigenvalue weighted by Crippen LogP contribution is -2.35. The van der Waals surface area contributed by atoms with Gasteiger partial charge in [-0.3, -0.25) is 4.90 Å². The fourth-order valence-electron chi connectivity index (χ4n) is 2.37. The van der Waals surface area contributed by atoms with Crippen LogP contribution in [0.15, 0.2) is 18.2 Å². The standard InChI is InChI=1S/C13H17F2NO3S/c1-16(10-4-5-20(18,19)8-10)7-13(17)9-2-3-11(14)12(15)6-9/h2-3,6,10,13,17H,4-5,7-8H2,1H3. The minimum absolute atomic E-state index is 0.0774. The van der Waals surface area contributed by atoms with Crippen molar-refractivity contribution in [2.24, 2.45) is 0 Å². The first-order chi connectivity index (χ1) is 9.28. The zero-order valence-corrected chi connectivity index (χ0v) is 11.9. The molecule has 0 amide bonds. The Balaban J connectivity index is 2.00. The molecule has 1 aromatic rings. The summed E-state index contributed by atoms with van der Waals surface area (Å²) in [5.41, 5.74) is 0.275. The van der Waals surface area contributed by atoms with E-state index in [9.17, 15) is 22.3 Å². The van der Waals surface area contributed by atoms with E-state index < -0.39 is 27.6 Å². The predicted octanol–water partition coefficient (Wildman–Crippen LogP) is 1.12. The molecule has 1 fully saturated rings. The number of benzene rings is 1. The topological polar surface area (TPSA) is 57.6 Å². The minimum Gasteiger partial charge on any atom is -0.387 e. The SMILES string of the molecule is CN(CC(O)c1ccc(F)c(F)c1)C1CCS(=O)(=O)C1. The van der Waals surface area contributed by atoms with Gasteiger partial charge in [0.1, 0.15) is 0 Å². The maximum Gasteiger partial charge on any atom is 0.159 e. The van der Waals surface area contributed by atoms with E-state index in [0.717, 1.165) is 12.1 Å². The van der Waals surface area contributed by atoms with Gasteiger partial charge in [-0.1, -0.05) is 6.07 Å². The summed E-state index contributed by atoms with van der Waals surface area (Å²) in [5, 5.41) is 10.0. The number of aliphatic hydroxyl groups is 1. The lowest BCUT2D eigenvalue weighted by molar-refractivity contribution is 0.109. The second-order valence-electron chi connectivity index (χ2n) is 5.19. The zero-order valence-electron chi connectivity index (χ0n) is 11.1. The van der Waals surface area contributed by atoms with E-state index in [1.807, 2.05) is 0 Å². The summed E-state index contributed by atoms with van der Waals surface area (Å²) in [6, 6.07) is 3.11. The van der Waals surface area contributed by atoms with Crippen molar-refractivity contribution in [2.75, 3.05) is 25.1 Å². The molecule has 20 heavy (non-hydrogen) atoms. The molecule has 0 aliphatic carbocycles. The first-order valence-electron chi connectivity index (χ1n) is 6.32. The van der Waals surface area contributed by atoms with Crippen molar-refractivity contribution in [3.63, 3.8) is 0 Å². The molecule has 1 aliphatic rings. The maximum absolute atomic E-state index is 13.1. The van der Waals surface area contributed by atoms with E-state index in [0.29, 0.717) is 6.42 Å². The molecule has 2 unspecified atom stereocenters. The number of halogens is 2. The van der Waals surface area contributed by atoms with Crippen LogP contribution in [0, 0.1) is 11.6 Å². The first kappa shape index (κ1) is 15.3. The summed E-state index contributed by atoms with van der Waals surface area (Å²) >= 11 is 0. The van der Waals surface area contributed by atoms with Crippen LogP contribution >= 0.6 is 0 Å². The second kappa shape index (κ2) is 5.75. The first-order valence-corrected chi connectivity index (χ1v) is 8.14. The number of hydrogen-bond donors (Lipinski definition) is 1. The largest absolute Gasteiger partial charge is 0.387 e. The molecule has 1 aliphatic heterocycles. The Morgan fingerprint density at radius 1 is 1.40 bits per heavy atom. The molecule has 0 radical (unpaired) electrons. The molecule has 1 aromatic carbocycles. The molecule has 0 spiro atoms. The fourth-order valence-corrected chi connectivity index (χ4v) is 4.18. The van der Waals surface area contributed by atoms with E-state index in [2.05, 4.69) is 0 Å². The molecule has 0 saturated carbocycles. The van der Waals surface area contributed by atoms with Crippen molar-refractivity contribution < 1.29 is 22.3 Å². The molecule has 7 heteroatoms. The fraction of sp³-hybridized carbons (Fsp3) is 0.538. The van der Waals surface area contributed by atoms with Crippen LogP contribution in [-0.4, -0.2) is 49.6 Å². The summed E-state index contributed by atoms with van der Waals surface area (Å²) in [7, 11) is -1.27. The van der Waals surface area contributed by atoms with Crippen molar-refractivity contribution in [1.29, 1.82) is 0 Å². The molecular weight excluding hydrogens is 288 g/mol. The van der Waals surface area contributed by atoms with E-state index in [-0.39, 0.29) is 29.7 Å². The number of aliphatic hydroxyl groups excluding tert-OH is 1. The molecule has 0 aromatic heterocycles. The summed E-state index contributed by atoms with van der Waals surface area (Å²) in [6.45, 7) is 0.172. The van der Waals surface area contributed by atoms with E-state index in [4.69, 9.17) is 0 Å². The molecule has 1 N–H and O–H groups in total. The lowest BCUT2D eigenvalue weighted by atomic mass is 10.1. The summed E-state index contributed by atoms with van der Waals surface area (Å²) in [4.78, 5) is 1.75. The highest BCUT2D eigenvalue weighted by Crippen LogP contribution is 2.21. The Morgan fingerprint density at radius 2 is 2.10 bits per heavy atom. The number of likely N-dealkylation sites (N-methyl/N-ethyl adjacent to an activating group) is 1. The van der Waals surface area contributed by atoms with Crippen molar-refractivity contribution in [3.8, 4) is 0 Å².